The van der Waals surface area contributed by atoms with Crippen LogP contribution in [0.15, 0.2) is 33.3 Å². The van der Waals surface area contributed by atoms with E-state index in [4.69, 9.17) is 15.0 Å². The molecule has 1 aromatic carbocycles. The second-order valence-corrected chi connectivity index (χ2v) is 6.21. The van der Waals surface area contributed by atoms with Gasteiger partial charge in [-0.1, -0.05) is 33.2 Å². The molecule has 0 aliphatic heterocycles. The summed E-state index contributed by atoms with van der Waals surface area (Å²) >= 11 is 3.48. The van der Waals surface area contributed by atoms with E-state index in [1.165, 1.54) is 6.42 Å². The molecule has 0 unspecified atom stereocenters. The molecule has 20 heavy (non-hydrogen) atoms. The molecule has 1 fully saturated rings. The lowest BCUT2D eigenvalue weighted by Crippen LogP contribution is -2.41. The van der Waals surface area contributed by atoms with Crippen molar-refractivity contribution in [3.63, 3.8) is 0 Å². The minimum Gasteiger partial charge on any atom is -0.378 e. The average molecular weight is 337 g/mol. The van der Waals surface area contributed by atoms with Crippen LogP contribution >= 0.6 is 15.9 Å². The van der Waals surface area contributed by atoms with Gasteiger partial charge in [0, 0.05) is 18.0 Å². The summed E-state index contributed by atoms with van der Waals surface area (Å²) in [5, 5.41) is 4.14. The first-order chi connectivity index (χ1) is 9.63. The summed E-state index contributed by atoms with van der Waals surface area (Å²) < 4.78 is 11.9. The smallest absolute Gasteiger partial charge is 0.230 e. The number of aromatic nitrogens is 1. The molecule has 0 atom stereocenters. The van der Waals surface area contributed by atoms with E-state index in [2.05, 4.69) is 21.1 Å². The molecule has 1 heterocycles. The third-order valence-corrected chi connectivity index (χ3v) is 4.58. The van der Waals surface area contributed by atoms with E-state index in [-0.39, 0.29) is 5.60 Å². The van der Waals surface area contributed by atoms with Gasteiger partial charge < -0.3 is 15.0 Å². The van der Waals surface area contributed by atoms with Crippen molar-refractivity contribution in [2.24, 2.45) is 0 Å². The summed E-state index contributed by atoms with van der Waals surface area (Å²) in [5.74, 6) is 0.365. The summed E-state index contributed by atoms with van der Waals surface area (Å²) in [5.41, 5.74) is 8.64. The standard InChI is InChI=1S/C15H17BrN2O2/c1-19-15(6-3-7-15)9-12-13(14(17)20-18-12)10-4-2-5-11(16)8-10/h2,4-5,8H,3,6-7,9,17H2,1H3. The minimum atomic E-state index is -0.0932. The Morgan fingerprint density at radius 1 is 1.45 bits per heavy atom. The number of ether oxygens (including phenoxy) is 1. The van der Waals surface area contributed by atoms with Crippen LogP contribution in [0.1, 0.15) is 25.0 Å². The average Bonchev–Trinajstić information content (AvgIpc) is 2.75. The molecule has 3 rings (SSSR count). The first-order valence-corrected chi connectivity index (χ1v) is 7.48. The zero-order valence-corrected chi connectivity index (χ0v) is 12.9. The van der Waals surface area contributed by atoms with Crippen molar-refractivity contribution in [2.75, 3.05) is 12.8 Å². The number of nitrogens with zero attached hydrogens (tertiary/aromatic N) is 1. The number of methoxy groups -OCH3 is 1. The predicted octanol–water partition coefficient (Wildman–Crippen LogP) is 3.80. The maximum atomic E-state index is 5.96. The van der Waals surface area contributed by atoms with Crippen LogP contribution in [0, 0.1) is 0 Å². The molecule has 1 saturated carbocycles. The van der Waals surface area contributed by atoms with E-state index in [9.17, 15) is 0 Å². The van der Waals surface area contributed by atoms with Crippen molar-refractivity contribution >= 4 is 21.8 Å². The van der Waals surface area contributed by atoms with Crippen molar-refractivity contribution in [2.45, 2.75) is 31.3 Å². The Morgan fingerprint density at radius 2 is 2.25 bits per heavy atom. The fraction of sp³-hybridized carbons (Fsp3) is 0.400. The van der Waals surface area contributed by atoms with Gasteiger partial charge in [-0.3, -0.25) is 0 Å². The van der Waals surface area contributed by atoms with E-state index in [1.807, 2.05) is 24.3 Å². The highest BCUT2D eigenvalue weighted by molar-refractivity contribution is 9.10. The summed E-state index contributed by atoms with van der Waals surface area (Å²) in [4.78, 5) is 0. The molecule has 5 heteroatoms. The Balaban J connectivity index is 1.97. The third-order valence-electron chi connectivity index (χ3n) is 4.09. The van der Waals surface area contributed by atoms with Gasteiger partial charge in [-0.25, -0.2) is 0 Å². The molecule has 1 aromatic heterocycles. The Hall–Kier alpha value is -1.33. The molecular weight excluding hydrogens is 320 g/mol. The van der Waals surface area contributed by atoms with Crippen LogP contribution in [0.2, 0.25) is 0 Å². The first-order valence-electron chi connectivity index (χ1n) is 6.69. The second kappa shape index (κ2) is 5.22. The van der Waals surface area contributed by atoms with Gasteiger partial charge in [0.1, 0.15) is 0 Å². The van der Waals surface area contributed by atoms with Gasteiger partial charge in [-0.05, 0) is 37.0 Å². The fourth-order valence-corrected chi connectivity index (χ4v) is 3.14. The maximum absolute atomic E-state index is 5.96. The molecule has 2 aromatic rings. The van der Waals surface area contributed by atoms with Crippen molar-refractivity contribution in [1.82, 2.24) is 5.16 Å². The highest BCUT2D eigenvalue weighted by Crippen LogP contribution is 2.41. The normalized spacial score (nSPS) is 16.9. The zero-order valence-electron chi connectivity index (χ0n) is 11.4. The quantitative estimate of drug-likeness (QED) is 0.922. The van der Waals surface area contributed by atoms with Crippen molar-refractivity contribution in [3.8, 4) is 11.1 Å². The lowest BCUT2D eigenvalue weighted by molar-refractivity contribution is -0.0717. The highest BCUT2D eigenvalue weighted by atomic mass is 79.9. The molecular formula is C15H17BrN2O2. The summed E-state index contributed by atoms with van der Waals surface area (Å²) in [6.45, 7) is 0. The fourth-order valence-electron chi connectivity index (χ4n) is 2.74. The van der Waals surface area contributed by atoms with Gasteiger partial charge in [0.25, 0.3) is 0 Å². The molecule has 0 amide bonds. The van der Waals surface area contributed by atoms with Gasteiger partial charge in [0.05, 0.1) is 16.9 Å². The monoisotopic (exact) mass is 336 g/mol. The van der Waals surface area contributed by atoms with E-state index in [0.29, 0.717) is 5.88 Å². The van der Waals surface area contributed by atoms with Crippen LogP contribution in [0.5, 0.6) is 0 Å². The van der Waals surface area contributed by atoms with Crippen LogP contribution in [0.4, 0.5) is 5.88 Å². The number of rotatable bonds is 4. The molecule has 2 N–H and O–H groups in total. The number of hydrogen-bond acceptors (Lipinski definition) is 4. The topological polar surface area (TPSA) is 61.3 Å². The second-order valence-electron chi connectivity index (χ2n) is 5.30. The molecule has 0 radical (unpaired) electrons. The van der Waals surface area contributed by atoms with Crippen molar-refractivity contribution < 1.29 is 9.26 Å². The largest absolute Gasteiger partial charge is 0.378 e. The molecule has 0 spiro atoms. The van der Waals surface area contributed by atoms with Gasteiger partial charge in [-0.15, -0.1) is 0 Å². The lowest BCUT2D eigenvalue weighted by Gasteiger charge is -2.40. The van der Waals surface area contributed by atoms with Gasteiger partial charge in [0.2, 0.25) is 5.88 Å². The SMILES string of the molecule is COC1(Cc2noc(N)c2-c2cccc(Br)c2)CCC1. The van der Waals surface area contributed by atoms with E-state index >= 15 is 0 Å². The van der Waals surface area contributed by atoms with Crippen molar-refractivity contribution in [3.05, 3.63) is 34.4 Å². The number of benzene rings is 1. The molecule has 0 bridgehead atoms. The van der Waals surface area contributed by atoms with Gasteiger partial charge >= 0.3 is 0 Å². The Labute approximate surface area is 126 Å². The van der Waals surface area contributed by atoms with E-state index < -0.39 is 0 Å². The van der Waals surface area contributed by atoms with Crippen LogP contribution < -0.4 is 5.73 Å². The lowest BCUT2D eigenvalue weighted by atomic mass is 9.76. The number of halogens is 1. The maximum Gasteiger partial charge on any atom is 0.230 e. The predicted molar refractivity (Wildman–Crippen MR) is 81.3 cm³/mol. The number of hydrogen-bond donors (Lipinski definition) is 1. The third kappa shape index (κ3) is 2.36. The van der Waals surface area contributed by atoms with Crippen LogP contribution in [0.3, 0.4) is 0 Å². The number of nitrogen functional groups attached to an aromatic ring is 1. The molecule has 0 saturated heterocycles. The number of anilines is 1. The summed E-state index contributed by atoms with van der Waals surface area (Å²) in [6.07, 6.45) is 4.07. The first kappa shape index (κ1) is 13.6. The highest BCUT2D eigenvalue weighted by Gasteiger charge is 2.39. The number of nitrogens with two attached hydrogens (primary N) is 1. The molecule has 106 valence electrons. The summed E-state index contributed by atoms with van der Waals surface area (Å²) in [6, 6.07) is 7.99. The van der Waals surface area contributed by atoms with E-state index in [1.54, 1.807) is 7.11 Å². The van der Waals surface area contributed by atoms with Crippen LogP contribution in [0.25, 0.3) is 11.1 Å². The summed E-state index contributed by atoms with van der Waals surface area (Å²) in [7, 11) is 1.77. The molecule has 4 nitrogen and oxygen atoms in total. The van der Waals surface area contributed by atoms with E-state index in [0.717, 1.165) is 40.6 Å². The van der Waals surface area contributed by atoms with Crippen LogP contribution in [-0.4, -0.2) is 17.9 Å². The molecule has 1 aliphatic carbocycles. The van der Waals surface area contributed by atoms with Crippen molar-refractivity contribution in [1.29, 1.82) is 0 Å². The Bertz CT molecular complexity index is 615. The van der Waals surface area contributed by atoms with Gasteiger partial charge in [0.15, 0.2) is 0 Å². The Morgan fingerprint density at radius 3 is 2.85 bits per heavy atom. The van der Waals surface area contributed by atoms with Crippen LogP contribution in [-0.2, 0) is 11.2 Å². The zero-order chi connectivity index (χ0) is 14.2. The minimum absolute atomic E-state index is 0.0932. The van der Waals surface area contributed by atoms with Gasteiger partial charge in [-0.2, -0.15) is 0 Å². The Kier molecular flexibility index (Phi) is 3.56. The molecule has 1 aliphatic rings.